The Labute approximate surface area is 110 Å². The fraction of sp³-hybridized carbons (Fsp3) is 0.0714. The SMILES string of the molecule is COc1ccnc(-c2ccc3cnc(N)nc3c2)c1. The molecule has 2 aromatic heterocycles. The number of hydrogen-bond donors (Lipinski definition) is 1. The van der Waals surface area contributed by atoms with Crippen LogP contribution in [0.2, 0.25) is 0 Å². The Kier molecular flexibility index (Phi) is 2.72. The molecule has 1 aromatic carbocycles. The first-order valence-corrected chi connectivity index (χ1v) is 5.79. The van der Waals surface area contributed by atoms with Crippen LogP contribution in [0.1, 0.15) is 0 Å². The topological polar surface area (TPSA) is 73.9 Å². The minimum absolute atomic E-state index is 0.267. The van der Waals surface area contributed by atoms with Gasteiger partial charge in [0.2, 0.25) is 5.95 Å². The van der Waals surface area contributed by atoms with E-state index in [4.69, 9.17) is 10.5 Å². The molecule has 0 saturated carbocycles. The summed E-state index contributed by atoms with van der Waals surface area (Å²) in [6.45, 7) is 0. The Bertz CT molecular complexity index is 742. The summed E-state index contributed by atoms with van der Waals surface area (Å²) in [4.78, 5) is 12.5. The quantitative estimate of drug-likeness (QED) is 0.757. The highest BCUT2D eigenvalue weighted by Crippen LogP contribution is 2.24. The van der Waals surface area contributed by atoms with E-state index in [1.165, 1.54) is 0 Å². The fourth-order valence-corrected chi connectivity index (χ4v) is 1.89. The van der Waals surface area contributed by atoms with Crippen LogP contribution in [0.3, 0.4) is 0 Å². The zero-order valence-electron chi connectivity index (χ0n) is 10.4. The van der Waals surface area contributed by atoms with E-state index in [2.05, 4.69) is 15.0 Å². The third-order valence-corrected chi connectivity index (χ3v) is 2.86. The number of methoxy groups -OCH3 is 1. The van der Waals surface area contributed by atoms with Crippen molar-refractivity contribution >= 4 is 16.9 Å². The minimum Gasteiger partial charge on any atom is -0.497 e. The van der Waals surface area contributed by atoms with Gasteiger partial charge in [0.05, 0.1) is 18.3 Å². The number of nitrogens with zero attached hydrogens (tertiary/aromatic N) is 3. The largest absolute Gasteiger partial charge is 0.497 e. The Morgan fingerprint density at radius 1 is 1.11 bits per heavy atom. The molecule has 2 heterocycles. The zero-order valence-corrected chi connectivity index (χ0v) is 10.4. The van der Waals surface area contributed by atoms with Crippen molar-refractivity contribution in [3.8, 4) is 17.0 Å². The number of hydrogen-bond acceptors (Lipinski definition) is 5. The first kappa shape index (κ1) is 11.4. The van der Waals surface area contributed by atoms with Gasteiger partial charge < -0.3 is 10.5 Å². The summed E-state index contributed by atoms with van der Waals surface area (Å²) < 4.78 is 5.20. The molecule has 0 saturated heterocycles. The highest BCUT2D eigenvalue weighted by Gasteiger charge is 2.04. The molecule has 3 rings (SSSR count). The van der Waals surface area contributed by atoms with Crippen LogP contribution in [0.25, 0.3) is 22.2 Å². The van der Waals surface area contributed by atoms with E-state index in [0.717, 1.165) is 27.9 Å². The number of rotatable bonds is 2. The molecule has 0 amide bonds. The fourth-order valence-electron chi connectivity index (χ4n) is 1.89. The minimum atomic E-state index is 0.267. The van der Waals surface area contributed by atoms with Crippen molar-refractivity contribution in [1.29, 1.82) is 0 Å². The van der Waals surface area contributed by atoms with Gasteiger partial charge in [-0.3, -0.25) is 4.98 Å². The molecule has 0 spiro atoms. The van der Waals surface area contributed by atoms with Crippen LogP contribution >= 0.6 is 0 Å². The van der Waals surface area contributed by atoms with Crippen LogP contribution in [-0.2, 0) is 0 Å². The van der Waals surface area contributed by atoms with E-state index in [1.54, 1.807) is 19.5 Å². The first-order chi connectivity index (χ1) is 9.26. The molecule has 2 N–H and O–H groups in total. The molecule has 5 heteroatoms. The molecule has 0 fully saturated rings. The van der Waals surface area contributed by atoms with Crippen molar-refractivity contribution in [2.75, 3.05) is 12.8 Å². The normalized spacial score (nSPS) is 10.6. The first-order valence-electron chi connectivity index (χ1n) is 5.79. The van der Waals surface area contributed by atoms with Crippen LogP contribution in [0.5, 0.6) is 5.75 Å². The van der Waals surface area contributed by atoms with Crippen molar-refractivity contribution in [3.63, 3.8) is 0 Å². The average Bonchev–Trinajstić information content (AvgIpc) is 2.46. The van der Waals surface area contributed by atoms with Crippen LogP contribution < -0.4 is 10.5 Å². The third-order valence-electron chi connectivity index (χ3n) is 2.86. The number of aromatic nitrogens is 3. The number of pyridine rings is 1. The smallest absolute Gasteiger partial charge is 0.220 e. The maximum atomic E-state index is 5.60. The highest BCUT2D eigenvalue weighted by molar-refractivity contribution is 5.83. The highest BCUT2D eigenvalue weighted by atomic mass is 16.5. The molecule has 5 nitrogen and oxygen atoms in total. The van der Waals surface area contributed by atoms with Crippen LogP contribution in [0, 0.1) is 0 Å². The number of nitrogens with two attached hydrogens (primary N) is 1. The van der Waals surface area contributed by atoms with Crippen molar-refractivity contribution in [2.24, 2.45) is 0 Å². The lowest BCUT2D eigenvalue weighted by atomic mass is 10.1. The Balaban J connectivity index is 2.13. The number of nitrogen functional groups attached to an aromatic ring is 1. The van der Waals surface area contributed by atoms with Gasteiger partial charge >= 0.3 is 0 Å². The van der Waals surface area contributed by atoms with E-state index in [-0.39, 0.29) is 5.95 Å². The number of fused-ring (bicyclic) bond motifs is 1. The molecule has 0 aliphatic heterocycles. The maximum absolute atomic E-state index is 5.60. The van der Waals surface area contributed by atoms with Crippen molar-refractivity contribution in [3.05, 3.63) is 42.7 Å². The lowest BCUT2D eigenvalue weighted by Gasteiger charge is -2.05. The van der Waals surface area contributed by atoms with Crippen molar-refractivity contribution < 1.29 is 4.74 Å². The lowest BCUT2D eigenvalue weighted by Crippen LogP contribution is -1.94. The van der Waals surface area contributed by atoms with Crippen LogP contribution in [0.15, 0.2) is 42.7 Å². The van der Waals surface area contributed by atoms with Gasteiger partial charge in [-0.15, -0.1) is 0 Å². The number of benzene rings is 1. The second-order valence-corrected chi connectivity index (χ2v) is 4.08. The Morgan fingerprint density at radius 3 is 2.84 bits per heavy atom. The van der Waals surface area contributed by atoms with Crippen LogP contribution in [0.4, 0.5) is 5.95 Å². The molecule has 0 unspecified atom stereocenters. The van der Waals surface area contributed by atoms with E-state index in [0.29, 0.717) is 0 Å². The summed E-state index contributed by atoms with van der Waals surface area (Å²) in [5.41, 5.74) is 8.20. The van der Waals surface area contributed by atoms with Gasteiger partial charge in [-0.1, -0.05) is 12.1 Å². The molecule has 0 aliphatic carbocycles. The van der Waals surface area contributed by atoms with Gasteiger partial charge in [-0.2, -0.15) is 0 Å². The van der Waals surface area contributed by atoms with E-state index >= 15 is 0 Å². The van der Waals surface area contributed by atoms with Crippen LogP contribution in [-0.4, -0.2) is 22.1 Å². The van der Waals surface area contributed by atoms with Crippen molar-refractivity contribution in [2.45, 2.75) is 0 Å². The second-order valence-electron chi connectivity index (χ2n) is 4.08. The summed E-state index contributed by atoms with van der Waals surface area (Å²) >= 11 is 0. The van der Waals surface area contributed by atoms with E-state index in [1.807, 2.05) is 30.3 Å². The number of ether oxygens (including phenoxy) is 1. The maximum Gasteiger partial charge on any atom is 0.220 e. The Hall–Kier alpha value is -2.69. The zero-order chi connectivity index (χ0) is 13.2. The third kappa shape index (κ3) is 2.18. The monoisotopic (exact) mass is 252 g/mol. The van der Waals surface area contributed by atoms with Gasteiger partial charge in [-0.05, 0) is 12.1 Å². The number of anilines is 1. The molecule has 0 aliphatic rings. The standard InChI is InChI=1S/C14H12N4O/c1-19-11-4-5-16-12(7-11)9-2-3-10-8-17-14(15)18-13(10)6-9/h2-8H,1H3,(H2,15,17,18). The molecule has 0 atom stereocenters. The predicted octanol–water partition coefficient (Wildman–Crippen LogP) is 2.28. The average molecular weight is 252 g/mol. The second kappa shape index (κ2) is 4.53. The van der Waals surface area contributed by atoms with E-state index < -0.39 is 0 Å². The molecule has 94 valence electrons. The van der Waals surface area contributed by atoms with Gasteiger partial charge in [0.25, 0.3) is 0 Å². The van der Waals surface area contributed by atoms with Gasteiger partial charge in [0, 0.05) is 29.4 Å². The predicted molar refractivity (Wildman–Crippen MR) is 73.7 cm³/mol. The van der Waals surface area contributed by atoms with Crippen molar-refractivity contribution in [1.82, 2.24) is 15.0 Å². The molecule has 19 heavy (non-hydrogen) atoms. The summed E-state index contributed by atoms with van der Waals surface area (Å²) in [5, 5.41) is 0.945. The van der Waals surface area contributed by atoms with Gasteiger partial charge in [0.1, 0.15) is 5.75 Å². The summed E-state index contributed by atoms with van der Waals surface area (Å²) in [6, 6.07) is 9.56. The van der Waals surface area contributed by atoms with E-state index in [9.17, 15) is 0 Å². The summed E-state index contributed by atoms with van der Waals surface area (Å²) in [7, 11) is 1.63. The molecular formula is C14H12N4O. The molecular weight excluding hydrogens is 240 g/mol. The lowest BCUT2D eigenvalue weighted by molar-refractivity contribution is 0.414. The summed E-state index contributed by atoms with van der Waals surface area (Å²) in [6.07, 6.45) is 3.42. The molecule has 0 radical (unpaired) electrons. The summed E-state index contributed by atoms with van der Waals surface area (Å²) in [5.74, 6) is 1.04. The van der Waals surface area contributed by atoms with Gasteiger partial charge in [-0.25, -0.2) is 9.97 Å². The molecule has 0 bridgehead atoms. The van der Waals surface area contributed by atoms with Gasteiger partial charge in [0.15, 0.2) is 0 Å². The Morgan fingerprint density at radius 2 is 2.00 bits per heavy atom. The molecule has 3 aromatic rings.